The fraction of sp³-hybridized carbons (Fsp3) is 0.400. The third kappa shape index (κ3) is 4.15. The average Bonchev–Trinajstić information content (AvgIpc) is 2.86. The highest BCUT2D eigenvalue weighted by Crippen LogP contribution is 2.25. The van der Waals surface area contributed by atoms with E-state index in [9.17, 15) is 4.39 Å². The van der Waals surface area contributed by atoms with E-state index in [0.29, 0.717) is 22.2 Å². The first kappa shape index (κ1) is 15.2. The lowest BCUT2D eigenvalue weighted by Crippen LogP contribution is -2.23. The van der Waals surface area contributed by atoms with Crippen LogP contribution in [0.1, 0.15) is 26.2 Å². The lowest BCUT2D eigenvalue weighted by Gasteiger charge is -2.05. The van der Waals surface area contributed by atoms with Crippen molar-refractivity contribution in [2.24, 2.45) is 0 Å². The quantitative estimate of drug-likeness (QED) is 0.802. The molecule has 2 aromatic rings. The van der Waals surface area contributed by atoms with Crippen molar-refractivity contribution in [1.29, 1.82) is 0 Å². The zero-order chi connectivity index (χ0) is 14.5. The van der Waals surface area contributed by atoms with Gasteiger partial charge in [0.2, 0.25) is 0 Å². The topological polar surface area (TPSA) is 38.1 Å². The molecule has 3 nitrogen and oxygen atoms in total. The molecule has 1 aromatic heterocycles. The summed E-state index contributed by atoms with van der Waals surface area (Å²) in [6, 6.07) is 5.28. The summed E-state index contributed by atoms with van der Waals surface area (Å²) >= 11 is 3.17. The molecule has 108 valence electrons. The van der Waals surface area contributed by atoms with Crippen LogP contribution in [0.5, 0.6) is 0 Å². The molecule has 0 aliphatic rings. The summed E-state index contributed by atoms with van der Waals surface area (Å²) in [6.07, 6.45) is 3.46. The van der Waals surface area contributed by atoms with Crippen LogP contribution in [0.4, 0.5) is 4.39 Å². The Morgan fingerprint density at radius 2 is 2.20 bits per heavy atom. The van der Waals surface area contributed by atoms with Gasteiger partial charge in [0.1, 0.15) is 5.82 Å². The van der Waals surface area contributed by atoms with Gasteiger partial charge in [-0.25, -0.2) is 9.37 Å². The largest absolute Gasteiger partial charge is 0.441 e. The maximum absolute atomic E-state index is 13.2. The van der Waals surface area contributed by atoms with Gasteiger partial charge in [-0.3, -0.25) is 0 Å². The van der Waals surface area contributed by atoms with E-state index in [1.807, 2.05) is 0 Å². The van der Waals surface area contributed by atoms with Gasteiger partial charge in [0, 0.05) is 18.0 Å². The Morgan fingerprint density at radius 3 is 2.90 bits per heavy atom. The van der Waals surface area contributed by atoms with E-state index in [0.717, 1.165) is 24.9 Å². The van der Waals surface area contributed by atoms with E-state index in [-0.39, 0.29) is 5.82 Å². The molecule has 5 heteroatoms. The van der Waals surface area contributed by atoms with Crippen LogP contribution in [0.3, 0.4) is 0 Å². The summed E-state index contributed by atoms with van der Waals surface area (Å²) in [4.78, 5) is 4.26. The second kappa shape index (κ2) is 6.99. The number of rotatable bonds is 6. The van der Waals surface area contributed by atoms with Crippen molar-refractivity contribution >= 4 is 15.9 Å². The van der Waals surface area contributed by atoms with Gasteiger partial charge in [-0.15, -0.1) is 0 Å². The minimum Gasteiger partial charge on any atom is -0.441 e. The number of hydrogen-bond acceptors (Lipinski definition) is 3. The molecule has 1 aromatic carbocycles. The highest BCUT2D eigenvalue weighted by Gasteiger charge is 2.08. The van der Waals surface area contributed by atoms with Crippen LogP contribution in [0.15, 0.2) is 33.3 Å². The Bertz CT molecular complexity index is 569. The number of hydrogen-bond donors (Lipinski definition) is 1. The number of aryl methyl sites for hydroxylation is 1. The Kier molecular flexibility index (Phi) is 5.31. The molecule has 0 aliphatic heterocycles. The summed E-state index contributed by atoms with van der Waals surface area (Å²) in [6.45, 7) is 5.18. The summed E-state index contributed by atoms with van der Waals surface area (Å²) in [7, 11) is 0. The van der Waals surface area contributed by atoms with E-state index >= 15 is 0 Å². The highest BCUT2D eigenvalue weighted by molar-refractivity contribution is 9.10. The predicted molar refractivity (Wildman–Crippen MR) is 81.1 cm³/mol. The molecule has 0 saturated carbocycles. The first-order chi connectivity index (χ1) is 9.56. The maximum Gasteiger partial charge on any atom is 0.194 e. The molecule has 0 spiro atoms. The SMILES string of the molecule is CC(C)NCCCc1ncc(-c2ccc(F)c(Br)c2)o1. The van der Waals surface area contributed by atoms with Gasteiger partial charge in [0.25, 0.3) is 0 Å². The Labute approximate surface area is 126 Å². The fourth-order valence-electron chi connectivity index (χ4n) is 1.84. The summed E-state index contributed by atoms with van der Waals surface area (Å²) in [5.41, 5.74) is 0.817. The average molecular weight is 341 g/mol. The van der Waals surface area contributed by atoms with Gasteiger partial charge in [0.15, 0.2) is 11.7 Å². The first-order valence-electron chi connectivity index (χ1n) is 6.70. The Hall–Kier alpha value is -1.20. The predicted octanol–water partition coefficient (Wildman–Crippen LogP) is 4.17. The number of oxazole rings is 1. The minimum absolute atomic E-state index is 0.284. The number of nitrogens with one attached hydrogen (secondary N) is 1. The molecular weight excluding hydrogens is 323 g/mol. The maximum atomic E-state index is 13.2. The van der Waals surface area contributed by atoms with Crippen LogP contribution < -0.4 is 5.32 Å². The molecule has 0 bridgehead atoms. The normalized spacial score (nSPS) is 11.2. The standard InChI is InChI=1S/C15H18BrFN2O/c1-10(2)18-7-3-4-15-19-9-14(20-15)11-5-6-13(17)12(16)8-11/h5-6,8-10,18H,3-4,7H2,1-2H3. The van der Waals surface area contributed by atoms with E-state index in [2.05, 4.69) is 40.1 Å². The minimum atomic E-state index is -0.284. The molecule has 0 unspecified atom stereocenters. The number of benzene rings is 1. The van der Waals surface area contributed by atoms with Gasteiger partial charge in [-0.1, -0.05) is 13.8 Å². The summed E-state index contributed by atoms with van der Waals surface area (Å²) in [5, 5.41) is 3.35. The van der Waals surface area contributed by atoms with Crippen LogP contribution in [0.25, 0.3) is 11.3 Å². The second-order valence-corrected chi connectivity index (χ2v) is 5.81. The zero-order valence-corrected chi connectivity index (χ0v) is 13.2. The van der Waals surface area contributed by atoms with Gasteiger partial charge in [-0.2, -0.15) is 0 Å². The van der Waals surface area contributed by atoms with Gasteiger partial charge < -0.3 is 9.73 Å². The molecule has 1 heterocycles. The fourth-order valence-corrected chi connectivity index (χ4v) is 2.22. The molecule has 0 radical (unpaired) electrons. The number of nitrogens with zero attached hydrogens (tertiary/aromatic N) is 1. The van der Waals surface area contributed by atoms with Crippen LogP contribution in [-0.2, 0) is 6.42 Å². The summed E-state index contributed by atoms with van der Waals surface area (Å²) < 4.78 is 19.3. The van der Waals surface area contributed by atoms with E-state index in [1.165, 1.54) is 6.07 Å². The molecule has 0 atom stereocenters. The van der Waals surface area contributed by atoms with Crippen molar-refractivity contribution in [3.05, 3.63) is 40.6 Å². The smallest absolute Gasteiger partial charge is 0.194 e. The van der Waals surface area contributed by atoms with Crippen LogP contribution >= 0.6 is 15.9 Å². The lowest BCUT2D eigenvalue weighted by molar-refractivity contribution is 0.484. The van der Waals surface area contributed by atoms with Gasteiger partial charge in [0.05, 0.1) is 10.7 Å². The van der Waals surface area contributed by atoms with Crippen molar-refractivity contribution in [2.75, 3.05) is 6.54 Å². The molecule has 2 rings (SSSR count). The summed E-state index contributed by atoms with van der Waals surface area (Å²) in [5.74, 6) is 1.09. The third-order valence-corrected chi connectivity index (χ3v) is 3.49. The third-order valence-electron chi connectivity index (χ3n) is 2.88. The second-order valence-electron chi connectivity index (χ2n) is 4.96. The highest BCUT2D eigenvalue weighted by atomic mass is 79.9. The molecule has 0 amide bonds. The van der Waals surface area contributed by atoms with E-state index in [1.54, 1.807) is 18.3 Å². The molecule has 1 N–H and O–H groups in total. The molecule has 0 saturated heterocycles. The van der Waals surface area contributed by atoms with Gasteiger partial charge >= 0.3 is 0 Å². The zero-order valence-electron chi connectivity index (χ0n) is 11.6. The molecular formula is C15H18BrFN2O. The van der Waals surface area contributed by atoms with E-state index in [4.69, 9.17) is 4.42 Å². The van der Waals surface area contributed by atoms with Crippen molar-refractivity contribution in [2.45, 2.75) is 32.7 Å². The van der Waals surface area contributed by atoms with Gasteiger partial charge in [-0.05, 0) is 47.1 Å². The van der Waals surface area contributed by atoms with Crippen molar-refractivity contribution in [3.8, 4) is 11.3 Å². The Balaban J connectivity index is 1.96. The van der Waals surface area contributed by atoms with E-state index < -0.39 is 0 Å². The molecule has 0 fully saturated rings. The van der Waals surface area contributed by atoms with Crippen LogP contribution in [0, 0.1) is 5.82 Å². The number of aromatic nitrogens is 1. The van der Waals surface area contributed by atoms with Crippen molar-refractivity contribution in [1.82, 2.24) is 10.3 Å². The van der Waals surface area contributed by atoms with Crippen molar-refractivity contribution < 1.29 is 8.81 Å². The first-order valence-corrected chi connectivity index (χ1v) is 7.49. The Morgan fingerprint density at radius 1 is 1.40 bits per heavy atom. The molecule has 20 heavy (non-hydrogen) atoms. The molecule has 0 aliphatic carbocycles. The van der Waals surface area contributed by atoms with Crippen LogP contribution in [-0.4, -0.2) is 17.6 Å². The lowest BCUT2D eigenvalue weighted by atomic mass is 10.2. The van der Waals surface area contributed by atoms with Crippen molar-refractivity contribution in [3.63, 3.8) is 0 Å². The monoisotopic (exact) mass is 340 g/mol. The number of halogens is 2. The van der Waals surface area contributed by atoms with Crippen LogP contribution in [0.2, 0.25) is 0 Å².